The second-order valence-corrected chi connectivity index (χ2v) is 8.96. The van der Waals surface area contributed by atoms with Crippen LogP contribution in [0.5, 0.6) is 0 Å². The minimum Gasteiger partial charge on any atom is -0.481 e. The molecule has 0 spiro atoms. The summed E-state index contributed by atoms with van der Waals surface area (Å²) in [5, 5.41) is 11.8. The summed E-state index contributed by atoms with van der Waals surface area (Å²) in [5.41, 5.74) is 0.423. The van der Waals surface area contributed by atoms with Gasteiger partial charge in [0.2, 0.25) is 15.9 Å². The highest BCUT2D eigenvalue weighted by atomic mass is 32.2. The lowest BCUT2D eigenvalue weighted by Gasteiger charge is -2.26. The summed E-state index contributed by atoms with van der Waals surface area (Å²) in [6.07, 6.45) is 4.13. The third-order valence-electron chi connectivity index (χ3n) is 5.21. The lowest BCUT2D eigenvalue weighted by molar-refractivity contribution is -0.141. The van der Waals surface area contributed by atoms with Crippen molar-refractivity contribution in [3.05, 3.63) is 24.3 Å². The van der Waals surface area contributed by atoms with Gasteiger partial charge >= 0.3 is 5.97 Å². The Balaban J connectivity index is 1.69. The van der Waals surface area contributed by atoms with Gasteiger partial charge in [0.1, 0.15) is 0 Å². The van der Waals surface area contributed by atoms with Gasteiger partial charge in [-0.3, -0.25) is 9.59 Å². The molecule has 3 rings (SSSR count). The Kier molecular flexibility index (Phi) is 5.62. The number of hydrogen-bond donors (Lipinski definition) is 2. The fourth-order valence-corrected chi connectivity index (χ4v) is 5.24. The molecule has 1 heterocycles. The van der Waals surface area contributed by atoms with Crippen LogP contribution in [0.25, 0.3) is 0 Å². The minimum absolute atomic E-state index is 0.173. The highest BCUT2D eigenvalue weighted by molar-refractivity contribution is 7.89. The number of rotatable bonds is 5. The molecule has 1 aromatic carbocycles. The molecule has 2 N–H and O–H groups in total. The van der Waals surface area contributed by atoms with E-state index in [9.17, 15) is 18.0 Å². The first kappa shape index (κ1) is 18.8. The first-order valence-electron chi connectivity index (χ1n) is 9.02. The summed E-state index contributed by atoms with van der Waals surface area (Å²) in [6, 6.07) is 6.28. The molecule has 2 atom stereocenters. The molecule has 8 heteroatoms. The topological polar surface area (TPSA) is 104 Å². The number of carbonyl (C=O) groups is 2. The van der Waals surface area contributed by atoms with Gasteiger partial charge in [-0.1, -0.05) is 12.5 Å². The zero-order valence-corrected chi connectivity index (χ0v) is 15.4. The van der Waals surface area contributed by atoms with Gasteiger partial charge in [-0.2, -0.15) is 4.31 Å². The summed E-state index contributed by atoms with van der Waals surface area (Å²) >= 11 is 0. The number of aliphatic carboxylic acids is 1. The predicted molar refractivity (Wildman–Crippen MR) is 96.1 cm³/mol. The van der Waals surface area contributed by atoms with E-state index in [-0.39, 0.29) is 16.7 Å². The van der Waals surface area contributed by atoms with E-state index in [1.54, 1.807) is 12.1 Å². The van der Waals surface area contributed by atoms with Crippen molar-refractivity contribution in [3.63, 3.8) is 0 Å². The Bertz CT molecular complexity index is 787. The molecule has 1 aromatic rings. The third-order valence-corrected chi connectivity index (χ3v) is 7.10. The van der Waals surface area contributed by atoms with Crippen molar-refractivity contribution in [2.45, 2.75) is 43.4 Å². The molecule has 1 aliphatic heterocycles. The van der Waals surface area contributed by atoms with Gasteiger partial charge in [0, 0.05) is 24.7 Å². The van der Waals surface area contributed by atoms with Crippen molar-refractivity contribution in [2.24, 2.45) is 11.8 Å². The number of piperidine rings is 1. The van der Waals surface area contributed by atoms with Crippen molar-refractivity contribution in [1.29, 1.82) is 0 Å². The van der Waals surface area contributed by atoms with E-state index < -0.39 is 21.9 Å². The predicted octanol–water partition coefficient (Wildman–Crippen LogP) is 2.30. The standard InChI is InChI=1S/C18H24N2O5S/c21-17(13-7-8-14(11-13)18(22)23)19-15-5-4-6-16(12-15)26(24,25)20-9-2-1-3-10-20/h4-6,12-14H,1-3,7-11H2,(H,19,21)(H,22,23)/t13-,14+/m0/s1. The molecule has 0 radical (unpaired) electrons. The first-order chi connectivity index (χ1) is 12.4. The number of nitrogens with one attached hydrogen (secondary N) is 1. The molecule has 0 bridgehead atoms. The van der Waals surface area contributed by atoms with E-state index >= 15 is 0 Å². The minimum atomic E-state index is -3.56. The number of nitrogens with zero attached hydrogens (tertiary/aromatic N) is 1. The van der Waals surface area contributed by atoms with Crippen LogP contribution in [-0.2, 0) is 19.6 Å². The molecule has 1 saturated heterocycles. The molecule has 0 unspecified atom stereocenters. The van der Waals surface area contributed by atoms with Crippen molar-refractivity contribution in [3.8, 4) is 0 Å². The van der Waals surface area contributed by atoms with Gasteiger partial charge in [0.15, 0.2) is 0 Å². The van der Waals surface area contributed by atoms with E-state index in [1.165, 1.54) is 16.4 Å². The zero-order chi connectivity index (χ0) is 18.7. The van der Waals surface area contributed by atoms with Crippen molar-refractivity contribution >= 4 is 27.6 Å². The Morgan fingerprint density at radius 1 is 1.08 bits per heavy atom. The quantitative estimate of drug-likeness (QED) is 0.816. The fourth-order valence-electron chi connectivity index (χ4n) is 3.68. The van der Waals surface area contributed by atoms with E-state index in [4.69, 9.17) is 5.11 Å². The summed E-state index contributed by atoms with van der Waals surface area (Å²) in [5.74, 6) is -1.94. The molecule has 1 aliphatic carbocycles. The average molecular weight is 380 g/mol. The molecule has 142 valence electrons. The largest absolute Gasteiger partial charge is 0.481 e. The summed E-state index contributed by atoms with van der Waals surface area (Å²) in [6.45, 7) is 1.05. The van der Waals surface area contributed by atoms with Crippen molar-refractivity contribution < 1.29 is 23.1 Å². The van der Waals surface area contributed by atoms with Gasteiger partial charge in [-0.25, -0.2) is 8.42 Å². The molecular weight excluding hydrogens is 356 g/mol. The molecular formula is C18H24N2O5S. The van der Waals surface area contributed by atoms with E-state index in [1.807, 2.05) is 0 Å². The summed E-state index contributed by atoms with van der Waals surface area (Å²) in [7, 11) is -3.56. The summed E-state index contributed by atoms with van der Waals surface area (Å²) < 4.78 is 27.0. The average Bonchev–Trinajstić information content (AvgIpc) is 3.13. The number of carboxylic acid groups (broad SMARTS) is 1. The van der Waals surface area contributed by atoms with Gasteiger partial charge in [0.05, 0.1) is 10.8 Å². The van der Waals surface area contributed by atoms with Crippen LogP contribution in [0.15, 0.2) is 29.2 Å². The Hall–Kier alpha value is -1.93. The molecule has 26 heavy (non-hydrogen) atoms. The van der Waals surface area contributed by atoms with Gasteiger partial charge in [0.25, 0.3) is 0 Å². The number of benzene rings is 1. The number of sulfonamides is 1. The van der Waals surface area contributed by atoms with Crippen LogP contribution >= 0.6 is 0 Å². The van der Waals surface area contributed by atoms with Crippen molar-refractivity contribution in [1.82, 2.24) is 4.31 Å². The fraction of sp³-hybridized carbons (Fsp3) is 0.556. The van der Waals surface area contributed by atoms with Crippen molar-refractivity contribution in [2.75, 3.05) is 18.4 Å². The molecule has 7 nitrogen and oxygen atoms in total. The number of amides is 1. The number of hydrogen-bond acceptors (Lipinski definition) is 4. The van der Waals surface area contributed by atoms with Crippen LogP contribution in [-0.4, -0.2) is 42.8 Å². The molecule has 0 aromatic heterocycles. The highest BCUT2D eigenvalue weighted by Crippen LogP contribution is 2.32. The second-order valence-electron chi connectivity index (χ2n) is 7.03. The molecule has 2 fully saturated rings. The van der Waals surface area contributed by atoms with Gasteiger partial charge < -0.3 is 10.4 Å². The Morgan fingerprint density at radius 3 is 2.42 bits per heavy atom. The first-order valence-corrected chi connectivity index (χ1v) is 10.5. The van der Waals surface area contributed by atoms with Crippen LogP contribution in [0.4, 0.5) is 5.69 Å². The SMILES string of the molecule is O=C(O)[C@@H]1CC[C@H](C(=O)Nc2cccc(S(=O)(=O)N3CCCCC3)c2)C1. The normalized spacial score (nSPS) is 24.3. The maximum Gasteiger partial charge on any atom is 0.306 e. The van der Waals surface area contributed by atoms with Crippen LogP contribution in [0.3, 0.4) is 0 Å². The van der Waals surface area contributed by atoms with Crippen LogP contribution in [0.1, 0.15) is 38.5 Å². The summed E-state index contributed by atoms with van der Waals surface area (Å²) in [4.78, 5) is 23.6. The lowest BCUT2D eigenvalue weighted by atomic mass is 10.0. The molecule has 1 saturated carbocycles. The maximum absolute atomic E-state index is 12.7. The number of anilines is 1. The van der Waals surface area contributed by atoms with Gasteiger partial charge in [-0.05, 0) is 50.3 Å². The Labute approximate surface area is 153 Å². The van der Waals surface area contributed by atoms with Gasteiger partial charge in [-0.15, -0.1) is 0 Å². The molecule has 1 amide bonds. The monoisotopic (exact) mass is 380 g/mol. The highest BCUT2D eigenvalue weighted by Gasteiger charge is 2.34. The zero-order valence-electron chi connectivity index (χ0n) is 14.6. The number of carbonyl (C=O) groups excluding carboxylic acids is 1. The van der Waals surface area contributed by atoms with Crippen LogP contribution in [0, 0.1) is 11.8 Å². The van der Waals surface area contributed by atoms with Crippen LogP contribution < -0.4 is 5.32 Å². The molecule has 2 aliphatic rings. The third kappa shape index (κ3) is 4.07. The smallest absolute Gasteiger partial charge is 0.306 e. The lowest BCUT2D eigenvalue weighted by Crippen LogP contribution is -2.35. The number of carboxylic acids is 1. The second kappa shape index (κ2) is 7.75. The van der Waals surface area contributed by atoms with E-state index in [2.05, 4.69) is 5.32 Å². The maximum atomic E-state index is 12.7. The van der Waals surface area contributed by atoms with E-state index in [0.29, 0.717) is 38.0 Å². The van der Waals surface area contributed by atoms with E-state index in [0.717, 1.165) is 19.3 Å². The Morgan fingerprint density at radius 2 is 1.77 bits per heavy atom. The van der Waals surface area contributed by atoms with Crippen LogP contribution in [0.2, 0.25) is 0 Å².